The van der Waals surface area contributed by atoms with Crippen molar-refractivity contribution in [2.24, 2.45) is 0 Å². The lowest BCUT2D eigenvalue weighted by molar-refractivity contribution is 0.00900. The number of nitrogens with zero attached hydrogens (tertiary/aromatic N) is 1. The molecule has 1 atom stereocenters. The Morgan fingerprint density at radius 2 is 2.00 bits per heavy atom. The van der Waals surface area contributed by atoms with Crippen molar-refractivity contribution in [1.29, 1.82) is 0 Å². The molecule has 1 heterocycles. The van der Waals surface area contributed by atoms with Crippen LogP contribution in [0.2, 0.25) is 0 Å². The second-order valence-corrected chi connectivity index (χ2v) is 6.61. The minimum Gasteiger partial charge on any atom is -0.378 e. The average molecular weight is 256 g/mol. The Kier molecular flexibility index (Phi) is 7.20. The van der Waals surface area contributed by atoms with Crippen molar-refractivity contribution in [3.8, 4) is 0 Å². The molecule has 3 heteroatoms. The van der Waals surface area contributed by atoms with Crippen LogP contribution in [-0.4, -0.2) is 49.8 Å². The summed E-state index contributed by atoms with van der Waals surface area (Å²) in [5.41, 5.74) is 0.233. The lowest BCUT2D eigenvalue weighted by Crippen LogP contribution is -2.40. The lowest BCUT2D eigenvalue weighted by Gasteiger charge is -2.25. The highest BCUT2D eigenvalue weighted by Crippen LogP contribution is 2.16. The molecule has 1 aliphatic rings. The van der Waals surface area contributed by atoms with E-state index in [4.69, 9.17) is 4.74 Å². The van der Waals surface area contributed by atoms with Crippen molar-refractivity contribution in [3.63, 3.8) is 0 Å². The smallest absolute Gasteiger partial charge is 0.0575 e. The second-order valence-electron chi connectivity index (χ2n) is 6.61. The molecular formula is C15H32N2O. The largest absolute Gasteiger partial charge is 0.378 e. The van der Waals surface area contributed by atoms with Crippen molar-refractivity contribution in [2.45, 2.75) is 64.5 Å². The van der Waals surface area contributed by atoms with Gasteiger partial charge in [-0.2, -0.15) is 0 Å². The third-order valence-corrected chi connectivity index (χ3v) is 3.49. The first kappa shape index (κ1) is 15.9. The zero-order valence-corrected chi connectivity index (χ0v) is 12.8. The maximum atomic E-state index is 5.75. The van der Waals surface area contributed by atoms with E-state index in [1.54, 1.807) is 0 Å². The van der Waals surface area contributed by atoms with Crippen LogP contribution in [0.4, 0.5) is 0 Å². The number of hydrogen-bond donors (Lipinski definition) is 1. The Hall–Kier alpha value is -0.120. The Balaban J connectivity index is 1.97. The molecule has 0 saturated carbocycles. The van der Waals surface area contributed by atoms with Gasteiger partial charge in [-0.3, -0.25) is 0 Å². The number of likely N-dealkylation sites (N-methyl/N-ethyl adjacent to an activating group) is 1. The van der Waals surface area contributed by atoms with Crippen LogP contribution < -0.4 is 5.32 Å². The van der Waals surface area contributed by atoms with Gasteiger partial charge in [0.05, 0.1) is 6.10 Å². The fraction of sp³-hybridized carbons (Fsp3) is 1.00. The van der Waals surface area contributed by atoms with E-state index < -0.39 is 0 Å². The summed E-state index contributed by atoms with van der Waals surface area (Å²) < 4.78 is 5.75. The molecule has 18 heavy (non-hydrogen) atoms. The van der Waals surface area contributed by atoms with Crippen LogP contribution >= 0.6 is 0 Å². The summed E-state index contributed by atoms with van der Waals surface area (Å²) in [4.78, 5) is 2.42. The molecule has 1 saturated heterocycles. The molecule has 0 radical (unpaired) electrons. The predicted octanol–water partition coefficient (Wildman–Crippen LogP) is 2.66. The maximum absolute atomic E-state index is 5.75. The molecule has 0 amide bonds. The summed E-state index contributed by atoms with van der Waals surface area (Å²) in [5.74, 6) is 0. The lowest BCUT2D eigenvalue weighted by atomic mass is 10.0. The van der Waals surface area contributed by atoms with Crippen LogP contribution in [0.25, 0.3) is 0 Å². The van der Waals surface area contributed by atoms with Gasteiger partial charge in [-0.25, -0.2) is 0 Å². The van der Waals surface area contributed by atoms with Crippen LogP contribution in [0.15, 0.2) is 0 Å². The Labute approximate surface area is 113 Å². The molecule has 0 aromatic rings. The summed E-state index contributed by atoms with van der Waals surface area (Å²) in [7, 11) is 2.21. The molecule has 1 fully saturated rings. The molecule has 0 aliphatic carbocycles. The summed E-state index contributed by atoms with van der Waals surface area (Å²) in [6.45, 7) is 11.0. The molecule has 0 aromatic heterocycles. The molecule has 1 N–H and O–H groups in total. The van der Waals surface area contributed by atoms with E-state index in [1.807, 2.05) is 0 Å². The van der Waals surface area contributed by atoms with Gasteiger partial charge in [-0.1, -0.05) is 0 Å². The van der Waals surface area contributed by atoms with Gasteiger partial charge in [-0.05, 0) is 66.5 Å². The minimum atomic E-state index is 0.233. The second kappa shape index (κ2) is 8.13. The standard InChI is InChI=1S/C15H32N2O/c1-15(2,3)16-10-12-17(4)11-7-9-14-8-5-6-13-18-14/h14,16H,5-13H2,1-4H3. The van der Waals surface area contributed by atoms with Crippen molar-refractivity contribution >= 4 is 0 Å². The highest BCUT2D eigenvalue weighted by atomic mass is 16.5. The van der Waals surface area contributed by atoms with Gasteiger partial charge in [-0.15, -0.1) is 0 Å². The summed E-state index contributed by atoms with van der Waals surface area (Å²) in [6, 6.07) is 0. The third kappa shape index (κ3) is 8.06. The van der Waals surface area contributed by atoms with E-state index in [2.05, 4.69) is 38.0 Å². The van der Waals surface area contributed by atoms with Gasteiger partial charge < -0.3 is 15.0 Å². The van der Waals surface area contributed by atoms with E-state index in [1.165, 1.54) is 38.6 Å². The Bertz CT molecular complexity index is 207. The highest BCUT2D eigenvalue weighted by molar-refractivity contribution is 4.71. The molecule has 1 unspecified atom stereocenters. The van der Waals surface area contributed by atoms with Crippen molar-refractivity contribution in [3.05, 3.63) is 0 Å². The summed E-state index contributed by atoms with van der Waals surface area (Å²) >= 11 is 0. The topological polar surface area (TPSA) is 24.5 Å². The molecule has 1 rings (SSSR count). The monoisotopic (exact) mass is 256 g/mol. The number of ether oxygens (including phenoxy) is 1. The fourth-order valence-corrected chi connectivity index (χ4v) is 2.36. The van der Waals surface area contributed by atoms with Gasteiger partial charge >= 0.3 is 0 Å². The average Bonchev–Trinajstić information content (AvgIpc) is 2.28. The first-order valence-electron chi connectivity index (χ1n) is 7.52. The van der Waals surface area contributed by atoms with Crippen molar-refractivity contribution in [1.82, 2.24) is 10.2 Å². The van der Waals surface area contributed by atoms with E-state index in [-0.39, 0.29) is 5.54 Å². The zero-order valence-electron chi connectivity index (χ0n) is 12.8. The number of rotatable bonds is 7. The van der Waals surface area contributed by atoms with Gasteiger partial charge in [0.15, 0.2) is 0 Å². The van der Waals surface area contributed by atoms with Crippen molar-refractivity contribution in [2.75, 3.05) is 33.3 Å². The van der Waals surface area contributed by atoms with Crippen molar-refractivity contribution < 1.29 is 4.74 Å². The fourth-order valence-electron chi connectivity index (χ4n) is 2.36. The zero-order chi connectivity index (χ0) is 13.4. The molecule has 0 spiro atoms. The highest BCUT2D eigenvalue weighted by Gasteiger charge is 2.13. The third-order valence-electron chi connectivity index (χ3n) is 3.49. The van der Waals surface area contributed by atoms with Gasteiger partial charge in [0.1, 0.15) is 0 Å². The van der Waals surface area contributed by atoms with Crippen LogP contribution in [0, 0.1) is 0 Å². The summed E-state index contributed by atoms with van der Waals surface area (Å²) in [6.07, 6.45) is 6.92. The Morgan fingerprint density at radius 3 is 2.61 bits per heavy atom. The predicted molar refractivity (Wildman–Crippen MR) is 78.1 cm³/mol. The molecule has 108 valence electrons. The normalized spacial score (nSPS) is 21.5. The van der Waals surface area contributed by atoms with Crippen LogP contribution in [0.3, 0.4) is 0 Å². The molecule has 0 aromatic carbocycles. The first-order valence-corrected chi connectivity index (χ1v) is 7.52. The first-order chi connectivity index (χ1) is 8.47. The van der Waals surface area contributed by atoms with Crippen LogP contribution in [0.1, 0.15) is 52.9 Å². The Morgan fingerprint density at radius 1 is 1.22 bits per heavy atom. The van der Waals surface area contributed by atoms with Crippen LogP contribution in [0.5, 0.6) is 0 Å². The molecule has 1 aliphatic heterocycles. The van der Waals surface area contributed by atoms with Gasteiger partial charge in [0, 0.05) is 25.2 Å². The maximum Gasteiger partial charge on any atom is 0.0575 e. The number of hydrogen-bond acceptors (Lipinski definition) is 3. The quantitative estimate of drug-likeness (QED) is 0.758. The molecule has 0 bridgehead atoms. The summed E-state index contributed by atoms with van der Waals surface area (Å²) in [5, 5.41) is 3.53. The molecule has 3 nitrogen and oxygen atoms in total. The van der Waals surface area contributed by atoms with E-state index in [9.17, 15) is 0 Å². The SMILES string of the molecule is CN(CCCC1CCCCO1)CCNC(C)(C)C. The molecular weight excluding hydrogens is 224 g/mol. The van der Waals surface area contributed by atoms with Gasteiger partial charge in [0.25, 0.3) is 0 Å². The van der Waals surface area contributed by atoms with E-state index in [0.29, 0.717) is 6.10 Å². The van der Waals surface area contributed by atoms with Crippen LogP contribution in [-0.2, 0) is 4.74 Å². The number of nitrogens with one attached hydrogen (secondary N) is 1. The van der Waals surface area contributed by atoms with Gasteiger partial charge in [0.2, 0.25) is 0 Å². The van der Waals surface area contributed by atoms with E-state index >= 15 is 0 Å². The minimum absolute atomic E-state index is 0.233. The van der Waals surface area contributed by atoms with E-state index in [0.717, 1.165) is 19.7 Å².